The van der Waals surface area contributed by atoms with Gasteiger partial charge in [0.1, 0.15) is 23.8 Å². The first-order valence-corrected chi connectivity index (χ1v) is 8.53. The minimum atomic E-state index is 0.440. The zero-order valence-electron chi connectivity index (χ0n) is 13.9. The number of rotatable bonds is 4. The third-order valence-corrected chi connectivity index (χ3v) is 4.61. The molecule has 4 heteroatoms. The number of aryl methyl sites for hydroxylation is 1. The van der Waals surface area contributed by atoms with Gasteiger partial charge in [-0.05, 0) is 54.7 Å². The summed E-state index contributed by atoms with van der Waals surface area (Å²) in [4.78, 5) is 0. The van der Waals surface area contributed by atoms with Gasteiger partial charge in [-0.25, -0.2) is 0 Å². The summed E-state index contributed by atoms with van der Waals surface area (Å²) in [6.45, 7) is 0.440. The molecule has 1 aliphatic rings. The molecule has 0 saturated carbocycles. The fourth-order valence-corrected chi connectivity index (χ4v) is 3.19. The first-order chi connectivity index (χ1) is 12.3. The lowest BCUT2D eigenvalue weighted by molar-refractivity contribution is 0.287. The monoisotopic (exact) mass is 330 g/mol. The first-order valence-electron chi connectivity index (χ1n) is 8.53. The largest absolute Gasteiger partial charge is 0.487 e. The second-order valence-electron chi connectivity index (χ2n) is 6.24. The van der Waals surface area contributed by atoms with E-state index < -0.39 is 0 Å². The van der Waals surface area contributed by atoms with Crippen LogP contribution in [0.1, 0.15) is 35.4 Å². The van der Waals surface area contributed by atoms with Gasteiger partial charge in [-0.2, -0.15) is 5.26 Å². The zero-order valence-corrected chi connectivity index (χ0v) is 13.9. The summed E-state index contributed by atoms with van der Waals surface area (Å²) in [5.41, 5.74) is 5.00. The number of nitrogens with zero attached hydrogens (tertiary/aromatic N) is 2. The highest BCUT2D eigenvalue weighted by atomic mass is 16.5. The van der Waals surface area contributed by atoms with Crippen LogP contribution in [0.25, 0.3) is 11.1 Å². The Morgan fingerprint density at radius 3 is 2.36 bits per heavy atom. The molecular formula is C21H18N2O2. The zero-order chi connectivity index (χ0) is 17.1. The van der Waals surface area contributed by atoms with Crippen LogP contribution >= 0.6 is 0 Å². The van der Waals surface area contributed by atoms with E-state index in [0.717, 1.165) is 41.2 Å². The van der Waals surface area contributed by atoms with Crippen molar-refractivity contribution in [1.82, 2.24) is 5.16 Å². The molecule has 4 nitrogen and oxygen atoms in total. The van der Waals surface area contributed by atoms with Crippen LogP contribution in [0.15, 0.2) is 53.1 Å². The molecule has 0 bridgehead atoms. The number of hydrogen-bond acceptors (Lipinski definition) is 4. The van der Waals surface area contributed by atoms with E-state index in [0.29, 0.717) is 12.2 Å². The highest BCUT2D eigenvalue weighted by Crippen LogP contribution is 2.26. The smallest absolute Gasteiger partial charge is 0.140 e. The maximum Gasteiger partial charge on any atom is 0.140 e. The topological polar surface area (TPSA) is 59.0 Å². The van der Waals surface area contributed by atoms with Crippen molar-refractivity contribution >= 4 is 0 Å². The van der Waals surface area contributed by atoms with Crippen LogP contribution < -0.4 is 4.74 Å². The van der Waals surface area contributed by atoms with Crippen LogP contribution in [0, 0.1) is 11.3 Å². The Morgan fingerprint density at radius 2 is 1.64 bits per heavy atom. The standard InChI is InChI=1S/C21H18N2O2/c22-13-15-5-7-16(8-6-15)17-9-11-18(12-10-17)24-14-20-19-3-1-2-4-21(19)25-23-20/h5-12H,1-4,14H2. The van der Waals surface area contributed by atoms with Gasteiger partial charge >= 0.3 is 0 Å². The molecule has 1 heterocycles. The molecule has 1 aromatic heterocycles. The average Bonchev–Trinajstić information content (AvgIpc) is 3.10. The SMILES string of the molecule is N#Cc1ccc(-c2ccc(OCc3noc4c3CCCC4)cc2)cc1. The van der Waals surface area contributed by atoms with Gasteiger partial charge in [-0.15, -0.1) is 0 Å². The van der Waals surface area contributed by atoms with Crippen LogP contribution in [0.3, 0.4) is 0 Å². The Bertz CT molecular complexity index is 903. The maximum absolute atomic E-state index is 8.87. The predicted molar refractivity (Wildman–Crippen MR) is 94.1 cm³/mol. The molecule has 124 valence electrons. The quantitative estimate of drug-likeness (QED) is 0.697. The first kappa shape index (κ1) is 15.5. The number of hydrogen-bond donors (Lipinski definition) is 0. The van der Waals surface area contributed by atoms with Gasteiger partial charge in [-0.3, -0.25) is 0 Å². The lowest BCUT2D eigenvalue weighted by atomic mass is 9.97. The highest BCUT2D eigenvalue weighted by molar-refractivity contribution is 5.64. The van der Waals surface area contributed by atoms with Crippen molar-refractivity contribution in [2.75, 3.05) is 0 Å². The van der Waals surface area contributed by atoms with Crippen LogP contribution in [-0.2, 0) is 19.4 Å². The Balaban J connectivity index is 1.44. The van der Waals surface area contributed by atoms with Gasteiger partial charge in [0.15, 0.2) is 0 Å². The Kier molecular flexibility index (Phi) is 4.22. The molecule has 25 heavy (non-hydrogen) atoms. The third kappa shape index (κ3) is 3.27. The second kappa shape index (κ2) is 6.82. The van der Waals surface area contributed by atoms with Gasteiger partial charge in [0.05, 0.1) is 11.6 Å². The summed E-state index contributed by atoms with van der Waals surface area (Å²) in [5, 5.41) is 13.0. The number of nitriles is 1. The van der Waals surface area contributed by atoms with Crippen molar-refractivity contribution in [1.29, 1.82) is 5.26 Å². The molecule has 0 unspecified atom stereocenters. The van der Waals surface area contributed by atoms with Crippen molar-refractivity contribution in [2.24, 2.45) is 0 Å². The van der Waals surface area contributed by atoms with Crippen LogP contribution in [0.2, 0.25) is 0 Å². The fourth-order valence-electron chi connectivity index (χ4n) is 3.19. The van der Waals surface area contributed by atoms with Crippen molar-refractivity contribution < 1.29 is 9.26 Å². The number of benzene rings is 2. The van der Waals surface area contributed by atoms with Gasteiger partial charge in [0, 0.05) is 12.0 Å². The summed E-state index contributed by atoms with van der Waals surface area (Å²) in [7, 11) is 0. The van der Waals surface area contributed by atoms with Crippen molar-refractivity contribution in [3.63, 3.8) is 0 Å². The Morgan fingerprint density at radius 1 is 0.960 bits per heavy atom. The van der Waals surface area contributed by atoms with Crippen LogP contribution in [-0.4, -0.2) is 5.16 Å². The van der Waals surface area contributed by atoms with Crippen molar-refractivity contribution in [3.8, 4) is 22.9 Å². The molecule has 0 atom stereocenters. The molecule has 2 aromatic carbocycles. The van der Waals surface area contributed by atoms with Crippen molar-refractivity contribution in [3.05, 3.63) is 71.1 Å². The van der Waals surface area contributed by atoms with Gasteiger partial charge in [0.25, 0.3) is 0 Å². The lowest BCUT2D eigenvalue weighted by Gasteiger charge is -2.10. The van der Waals surface area contributed by atoms with E-state index in [2.05, 4.69) is 11.2 Å². The molecule has 0 N–H and O–H groups in total. The van der Waals surface area contributed by atoms with E-state index >= 15 is 0 Å². The van der Waals surface area contributed by atoms with E-state index in [1.54, 1.807) is 0 Å². The molecular weight excluding hydrogens is 312 g/mol. The van der Waals surface area contributed by atoms with Gasteiger partial charge in [0.2, 0.25) is 0 Å². The molecule has 0 fully saturated rings. The maximum atomic E-state index is 8.87. The molecule has 0 amide bonds. The summed E-state index contributed by atoms with van der Waals surface area (Å²) in [5.74, 6) is 1.84. The minimum Gasteiger partial charge on any atom is -0.487 e. The molecule has 0 radical (unpaired) electrons. The van der Waals surface area contributed by atoms with Gasteiger partial charge < -0.3 is 9.26 Å². The van der Waals surface area contributed by atoms with E-state index in [9.17, 15) is 0 Å². The third-order valence-electron chi connectivity index (χ3n) is 4.61. The summed E-state index contributed by atoms with van der Waals surface area (Å²) in [6, 6.07) is 17.7. The average molecular weight is 330 g/mol. The van der Waals surface area contributed by atoms with Crippen LogP contribution in [0.5, 0.6) is 5.75 Å². The minimum absolute atomic E-state index is 0.440. The highest BCUT2D eigenvalue weighted by Gasteiger charge is 2.19. The Labute approximate surface area is 146 Å². The number of ether oxygens (including phenoxy) is 1. The molecule has 0 saturated heterocycles. The molecule has 0 aliphatic heterocycles. The number of fused-ring (bicyclic) bond motifs is 1. The predicted octanol–water partition coefficient (Wildman–Crippen LogP) is 4.67. The second-order valence-corrected chi connectivity index (χ2v) is 6.24. The lowest BCUT2D eigenvalue weighted by Crippen LogP contribution is -2.04. The number of aromatic nitrogens is 1. The molecule has 3 aromatic rings. The Hall–Kier alpha value is -3.06. The molecule has 1 aliphatic carbocycles. The van der Waals surface area contributed by atoms with Gasteiger partial charge in [-0.1, -0.05) is 29.4 Å². The van der Waals surface area contributed by atoms with E-state index in [1.165, 1.54) is 18.4 Å². The summed E-state index contributed by atoms with van der Waals surface area (Å²) >= 11 is 0. The fraction of sp³-hybridized carbons (Fsp3) is 0.238. The molecule has 0 spiro atoms. The summed E-state index contributed by atoms with van der Waals surface area (Å²) < 4.78 is 11.3. The van der Waals surface area contributed by atoms with E-state index in [-0.39, 0.29) is 0 Å². The van der Waals surface area contributed by atoms with Crippen molar-refractivity contribution in [2.45, 2.75) is 32.3 Å². The van der Waals surface area contributed by atoms with E-state index in [1.807, 2.05) is 48.5 Å². The normalized spacial score (nSPS) is 13.1. The molecule has 4 rings (SSSR count). The van der Waals surface area contributed by atoms with Crippen LogP contribution in [0.4, 0.5) is 0 Å². The van der Waals surface area contributed by atoms with E-state index in [4.69, 9.17) is 14.5 Å². The summed E-state index contributed by atoms with van der Waals surface area (Å²) in [6.07, 6.45) is 4.40.